The first-order valence-electron chi connectivity index (χ1n) is 17.9. The van der Waals surface area contributed by atoms with Crippen molar-refractivity contribution in [2.24, 2.45) is 11.8 Å². The first kappa shape index (κ1) is 41.4. The summed E-state index contributed by atoms with van der Waals surface area (Å²) in [6.07, 6.45) is -7.20. The third-order valence-corrected chi connectivity index (χ3v) is 10.1. The molecule has 1 aromatic rings. The summed E-state index contributed by atoms with van der Waals surface area (Å²) < 4.78 is 0. The van der Waals surface area contributed by atoms with Gasteiger partial charge < -0.3 is 61.7 Å². The molecule has 0 aromatic heterocycles. The van der Waals surface area contributed by atoms with Gasteiger partial charge in [-0.2, -0.15) is 0 Å². The van der Waals surface area contributed by atoms with Gasteiger partial charge in [0.25, 0.3) is 0 Å². The second-order valence-electron chi connectivity index (χ2n) is 14.5. The summed E-state index contributed by atoms with van der Waals surface area (Å²) in [4.78, 5) is 84.2. The van der Waals surface area contributed by atoms with Crippen LogP contribution in [0.5, 0.6) is 5.75 Å². The minimum Gasteiger partial charge on any atom is -0.508 e. The summed E-state index contributed by atoms with van der Waals surface area (Å²) in [5.74, 6) is -6.53. The Bertz CT molecular complexity index is 1510. The number of nitrogens with one attached hydrogen (secondary N) is 4. The molecular weight excluding hydrogens is 696 g/mol. The Kier molecular flexibility index (Phi) is 13.8. The highest BCUT2D eigenvalue weighted by molar-refractivity contribution is 5.97. The van der Waals surface area contributed by atoms with Crippen molar-refractivity contribution in [3.8, 4) is 5.75 Å². The van der Waals surface area contributed by atoms with Crippen molar-refractivity contribution in [3.63, 3.8) is 0 Å². The van der Waals surface area contributed by atoms with Crippen LogP contribution in [0.15, 0.2) is 24.3 Å². The number of carbonyl (C=O) groups is 6. The predicted molar refractivity (Wildman–Crippen MR) is 185 cm³/mol. The second-order valence-corrected chi connectivity index (χ2v) is 14.5. The molecule has 3 fully saturated rings. The summed E-state index contributed by atoms with van der Waals surface area (Å²) in [6, 6.07) is -2.23. The summed E-state index contributed by atoms with van der Waals surface area (Å²) >= 11 is 0. The number of aliphatic hydroxyl groups excluding tert-OH is 5. The van der Waals surface area contributed by atoms with Gasteiger partial charge in [0.1, 0.15) is 36.0 Å². The van der Waals surface area contributed by atoms with Crippen molar-refractivity contribution in [2.75, 3.05) is 19.6 Å². The lowest BCUT2D eigenvalue weighted by molar-refractivity contribution is -0.147. The summed E-state index contributed by atoms with van der Waals surface area (Å²) in [5, 5.41) is 73.9. The van der Waals surface area contributed by atoms with Gasteiger partial charge >= 0.3 is 0 Å². The Morgan fingerprint density at radius 2 is 1.32 bits per heavy atom. The van der Waals surface area contributed by atoms with E-state index in [1.165, 1.54) is 38.1 Å². The zero-order chi connectivity index (χ0) is 39.3. The van der Waals surface area contributed by atoms with Crippen molar-refractivity contribution >= 4 is 35.4 Å². The predicted octanol–water partition coefficient (Wildman–Crippen LogP) is -3.77. The lowest BCUT2D eigenvalue weighted by Gasteiger charge is -2.33. The zero-order valence-electron chi connectivity index (χ0n) is 30.2. The Morgan fingerprint density at radius 1 is 0.755 bits per heavy atom. The van der Waals surface area contributed by atoms with Crippen LogP contribution in [-0.2, 0) is 35.2 Å². The first-order valence-corrected chi connectivity index (χ1v) is 17.9. The molecule has 18 nitrogen and oxygen atoms in total. The first-order chi connectivity index (χ1) is 24.9. The van der Waals surface area contributed by atoms with Crippen LogP contribution in [0.4, 0.5) is 0 Å². The Labute approximate surface area is 306 Å². The van der Waals surface area contributed by atoms with E-state index in [1.807, 2.05) is 0 Å². The number of benzene rings is 1. The number of phenolic OH excluding ortho intramolecular Hbond substituents is 1. The van der Waals surface area contributed by atoms with Crippen LogP contribution in [-0.4, -0.2) is 156 Å². The average molecular weight is 749 g/mol. The summed E-state index contributed by atoms with van der Waals surface area (Å²) in [5.41, 5.74) is 0.439. The molecule has 0 saturated carbocycles. The van der Waals surface area contributed by atoms with Gasteiger partial charge in [0, 0.05) is 44.3 Å². The molecule has 294 valence electrons. The van der Waals surface area contributed by atoms with Crippen LogP contribution >= 0.6 is 0 Å². The molecule has 0 aliphatic carbocycles. The van der Waals surface area contributed by atoms with Gasteiger partial charge in [0.15, 0.2) is 0 Å². The van der Waals surface area contributed by atoms with Gasteiger partial charge in [0.05, 0.1) is 30.5 Å². The van der Waals surface area contributed by atoms with Crippen LogP contribution in [0.2, 0.25) is 0 Å². The molecule has 0 spiro atoms. The van der Waals surface area contributed by atoms with Crippen molar-refractivity contribution in [1.82, 2.24) is 31.1 Å². The lowest BCUT2D eigenvalue weighted by atomic mass is 9.99. The maximum atomic E-state index is 14.0. The molecule has 12 atom stereocenters. The van der Waals surface area contributed by atoms with E-state index < -0.39 is 108 Å². The zero-order valence-corrected chi connectivity index (χ0v) is 30.2. The normalized spacial score (nSPS) is 33.0. The Hall–Kier alpha value is -4.36. The van der Waals surface area contributed by atoms with E-state index in [0.29, 0.717) is 5.56 Å². The van der Waals surface area contributed by atoms with E-state index in [2.05, 4.69) is 21.3 Å². The van der Waals surface area contributed by atoms with Crippen molar-refractivity contribution < 1.29 is 59.4 Å². The van der Waals surface area contributed by atoms with Gasteiger partial charge in [-0.05, 0) is 44.4 Å². The quantitative estimate of drug-likeness (QED) is 0.139. The highest BCUT2D eigenvalue weighted by Gasteiger charge is 2.49. The average Bonchev–Trinajstić information content (AvgIpc) is 3.64. The standard InChI is InChI=1S/C35H52N6O12/c1-16-6-5-11-36-33(51)28-29(47)17(2)14-41(28)35(53)26(19(4)43)38-32(50)27(24(46)12-20-7-9-21(44)10-8-20)39-31(49)23-13-22(45)15-40(23)34(52)25(18(3)42)37-30(16)48/h7-10,16-19,22-29,42-47H,5-6,11-15H2,1-4H3,(H,36,51)(H,37,48)(H,38,50)(H,39,49). The number of carbonyl (C=O) groups excluding carboxylic acids is 6. The van der Waals surface area contributed by atoms with Crippen LogP contribution < -0.4 is 21.3 Å². The Morgan fingerprint density at radius 3 is 1.92 bits per heavy atom. The minimum absolute atomic E-state index is 0.0488. The highest BCUT2D eigenvalue weighted by Crippen LogP contribution is 2.26. The third kappa shape index (κ3) is 9.80. The van der Waals surface area contributed by atoms with E-state index in [0.717, 1.165) is 9.80 Å². The lowest BCUT2D eigenvalue weighted by Crippen LogP contribution is -2.63. The fourth-order valence-corrected chi connectivity index (χ4v) is 6.96. The number of fused-ring (bicyclic) bond motifs is 2. The minimum atomic E-state index is -1.83. The molecule has 18 heteroatoms. The van der Waals surface area contributed by atoms with Gasteiger partial charge in [-0.3, -0.25) is 28.8 Å². The summed E-state index contributed by atoms with van der Waals surface area (Å²) in [7, 11) is 0. The highest BCUT2D eigenvalue weighted by atomic mass is 16.3. The maximum absolute atomic E-state index is 14.0. The number of rotatable bonds is 5. The van der Waals surface area contributed by atoms with E-state index in [4.69, 9.17) is 0 Å². The van der Waals surface area contributed by atoms with E-state index >= 15 is 0 Å². The molecule has 53 heavy (non-hydrogen) atoms. The van der Waals surface area contributed by atoms with Crippen molar-refractivity contribution in [1.29, 1.82) is 0 Å². The molecule has 4 rings (SSSR count). The second kappa shape index (κ2) is 17.6. The Balaban J connectivity index is 1.74. The number of aliphatic hydroxyl groups is 5. The number of phenols is 1. The van der Waals surface area contributed by atoms with E-state index in [9.17, 15) is 59.4 Å². The molecule has 1 aromatic carbocycles. The van der Waals surface area contributed by atoms with Crippen LogP contribution in [0.3, 0.4) is 0 Å². The molecule has 0 bridgehead atoms. The smallest absolute Gasteiger partial charge is 0.248 e. The molecule has 10 N–H and O–H groups in total. The topological polar surface area (TPSA) is 278 Å². The molecule has 0 radical (unpaired) electrons. The van der Waals surface area contributed by atoms with Gasteiger partial charge in [-0.1, -0.05) is 26.0 Å². The monoisotopic (exact) mass is 748 g/mol. The number of nitrogens with zero attached hydrogens (tertiary/aromatic N) is 2. The third-order valence-electron chi connectivity index (χ3n) is 10.1. The van der Waals surface area contributed by atoms with Gasteiger partial charge in [0.2, 0.25) is 35.4 Å². The number of hydrogen-bond donors (Lipinski definition) is 10. The van der Waals surface area contributed by atoms with E-state index in [-0.39, 0.29) is 51.1 Å². The largest absolute Gasteiger partial charge is 0.508 e. The van der Waals surface area contributed by atoms with Crippen LogP contribution in [0.25, 0.3) is 0 Å². The molecule has 3 saturated heterocycles. The number of hydrogen-bond acceptors (Lipinski definition) is 12. The molecule has 6 amide bonds. The van der Waals surface area contributed by atoms with E-state index in [1.54, 1.807) is 13.8 Å². The van der Waals surface area contributed by atoms with Crippen LogP contribution in [0.1, 0.15) is 52.5 Å². The fourth-order valence-electron chi connectivity index (χ4n) is 6.96. The SMILES string of the molecule is CC1CCCNC(=O)C2C(O)C(C)CN2C(=O)C(C(C)O)NC(=O)C(C(O)Cc2ccc(O)cc2)NC(=O)C2CC(O)CN2C(=O)C(C(C)O)NC1=O. The van der Waals surface area contributed by atoms with Gasteiger partial charge in [-0.25, -0.2) is 0 Å². The molecule has 3 heterocycles. The molecule has 12 unspecified atom stereocenters. The molecule has 3 aliphatic heterocycles. The number of amides is 6. The number of aromatic hydroxyl groups is 1. The summed E-state index contributed by atoms with van der Waals surface area (Å²) in [6.45, 7) is 5.29. The molecular formula is C35H52N6O12. The fraction of sp³-hybridized carbons (Fsp3) is 0.657. The van der Waals surface area contributed by atoms with Crippen molar-refractivity contribution in [3.05, 3.63) is 29.8 Å². The van der Waals surface area contributed by atoms with Gasteiger partial charge in [-0.15, -0.1) is 0 Å². The van der Waals surface area contributed by atoms with Crippen molar-refractivity contribution in [2.45, 2.75) is 114 Å². The maximum Gasteiger partial charge on any atom is 0.248 e. The van der Waals surface area contributed by atoms with Crippen LogP contribution in [0, 0.1) is 11.8 Å². The molecule has 3 aliphatic rings.